The Morgan fingerprint density at radius 2 is 0.554 bits per heavy atom. The van der Waals surface area contributed by atoms with Crippen molar-refractivity contribution in [2.24, 2.45) is 0 Å². The molecule has 28 heteroatoms. The van der Waals surface area contributed by atoms with E-state index in [2.05, 4.69) is 6.92 Å². The average molecular weight is 945 g/mol. The van der Waals surface area contributed by atoms with Crippen molar-refractivity contribution in [3.05, 3.63) is 0 Å². The van der Waals surface area contributed by atoms with Crippen LogP contribution in [0.25, 0.3) is 0 Å². The van der Waals surface area contributed by atoms with Crippen LogP contribution in [0.2, 0.25) is 4.44 Å². The zero-order chi connectivity index (χ0) is 45.4. The average Bonchev–Trinajstić information content (AvgIpc) is 3.18. The normalized spacial score (nSPS) is 21.1. The minimum atomic E-state index is -2.36. The van der Waals surface area contributed by atoms with Crippen molar-refractivity contribution in [1.82, 2.24) is 0 Å². The molecule has 336 valence electrons. The molecule has 0 rings (SSSR count). The Bertz CT molecular complexity index is 910. The molecular weight excluding hydrogens is 887 g/mol. The van der Waals surface area contributed by atoms with Gasteiger partial charge in [-0.15, -0.1) is 0 Å². The summed E-state index contributed by atoms with van der Waals surface area (Å²) in [7, 11) is 0. The zero-order valence-electron chi connectivity index (χ0n) is 29.7. The number of aliphatic carboxylic acids is 3. The fourth-order valence-corrected chi connectivity index (χ4v) is 4.59. The van der Waals surface area contributed by atoms with Crippen LogP contribution < -0.4 is 0 Å². The summed E-state index contributed by atoms with van der Waals surface area (Å²) < 4.78 is 1.47. The van der Waals surface area contributed by atoms with E-state index < -0.39 is 148 Å². The van der Waals surface area contributed by atoms with Gasteiger partial charge in [0.1, 0.15) is 91.6 Å². The molecule has 0 aliphatic heterocycles. The number of aliphatic hydroxyl groups is 21. The van der Waals surface area contributed by atoms with Crippen LogP contribution >= 0.6 is 0 Å². The van der Waals surface area contributed by atoms with Gasteiger partial charge in [0, 0.05) is 0 Å². The Labute approximate surface area is 330 Å². The van der Waals surface area contributed by atoms with Gasteiger partial charge in [0.05, 0.1) is 19.8 Å². The third-order valence-corrected chi connectivity index (χ3v) is 8.35. The van der Waals surface area contributed by atoms with E-state index in [9.17, 15) is 45.0 Å². The summed E-state index contributed by atoms with van der Waals surface area (Å²) in [6.07, 6.45) is -35.5. The molecule has 0 heterocycles. The Balaban J connectivity index is -0.000000340. The van der Waals surface area contributed by atoms with Gasteiger partial charge in [-0.25, -0.2) is 14.4 Å². The maximum atomic E-state index is 10.3. The van der Waals surface area contributed by atoms with Crippen molar-refractivity contribution in [2.75, 3.05) is 19.8 Å². The monoisotopic (exact) mass is 946 g/mol. The largest absolute Gasteiger partial charge is 0.479 e. The molecule has 56 heavy (non-hydrogen) atoms. The molecule has 27 nitrogen and oxygen atoms in total. The number of carboxylic acids is 3. The number of aliphatic hydroxyl groups excluding tert-OH is 21. The van der Waals surface area contributed by atoms with Crippen molar-refractivity contribution >= 4 is 40.4 Å². The van der Waals surface area contributed by atoms with E-state index in [1.165, 1.54) is 39.8 Å². The van der Waals surface area contributed by atoms with Crippen molar-refractivity contribution in [3.8, 4) is 0 Å². The standard InChI is InChI=1S/3C8H16O9.C4H9.Sn.H/c3*9-1-2(10)3(11)4(12)5(13)6(14)7(15)8(16)17;1-3-4-2;;/h3*2-7,9-15H,1H2,(H,16,17);1,3-4H2,2H3;;. The van der Waals surface area contributed by atoms with E-state index in [0.29, 0.717) is 0 Å². The molecule has 0 spiro atoms. The van der Waals surface area contributed by atoms with Crippen LogP contribution in [0.5, 0.6) is 0 Å². The smallest absolute Gasteiger partial charge is 0.335 e. The molecule has 0 fully saturated rings. The molecule has 0 saturated carbocycles. The molecule has 18 unspecified atom stereocenters. The first kappa shape index (κ1) is 61.0. The van der Waals surface area contributed by atoms with Gasteiger partial charge in [-0.05, 0) is 0 Å². The van der Waals surface area contributed by atoms with Gasteiger partial charge in [0.15, 0.2) is 18.3 Å². The Hall–Kier alpha value is -1.63. The van der Waals surface area contributed by atoms with E-state index >= 15 is 0 Å². The van der Waals surface area contributed by atoms with Gasteiger partial charge in [-0.2, -0.15) is 0 Å². The van der Waals surface area contributed by atoms with Gasteiger partial charge < -0.3 is 123 Å². The third kappa shape index (κ3) is 22.5. The molecule has 0 aromatic carbocycles. The number of rotatable bonds is 23. The SMILES string of the molecule is CCC[CH2][SnH].O=C(O)C(O)C(O)C(O)C(O)C(O)C(O)CO.O=C(O)C(O)C(O)C(O)C(O)C(O)C(O)CO.O=C(O)C(O)C(O)C(O)C(O)C(O)C(O)CO. The van der Waals surface area contributed by atoms with Crippen LogP contribution in [0.4, 0.5) is 0 Å². The van der Waals surface area contributed by atoms with Crippen LogP contribution in [-0.4, -0.2) is 293 Å². The van der Waals surface area contributed by atoms with Crippen molar-refractivity contribution in [3.63, 3.8) is 0 Å². The molecular formula is C28H58O27Sn. The Morgan fingerprint density at radius 3 is 0.661 bits per heavy atom. The third-order valence-electron chi connectivity index (χ3n) is 7.18. The molecule has 0 saturated heterocycles. The van der Waals surface area contributed by atoms with Gasteiger partial charge in [-0.3, -0.25) is 0 Å². The van der Waals surface area contributed by atoms with Gasteiger partial charge >= 0.3 is 64.6 Å². The minimum Gasteiger partial charge on any atom is -0.479 e. The zero-order valence-corrected chi connectivity index (χ0v) is 33.0. The summed E-state index contributed by atoms with van der Waals surface area (Å²) in [5.41, 5.74) is 0. The molecule has 0 aliphatic carbocycles. The molecule has 18 atom stereocenters. The summed E-state index contributed by atoms with van der Waals surface area (Å²) in [6.45, 7) is -0.510. The van der Waals surface area contributed by atoms with Crippen LogP contribution in [0.1, 0.15) is 19.8 Å². The summed E-state index contributed by atoms with van der Waals surface area (Å²) in [4.78, 5) is 30.8. The van der Waals surface area contributed by atoms with Gasteiger partial charge in [0.2, 0.25) is 0 Å². The second kappa shape index (κ2) is 32.2. The van der Waals surface area contributed by atoms with E-state index in [1.54, 1.807) is 0 Å². The van der Waals surface area contributed by atoms with Crippen LogP contribution in [0.3, 0.4) is 0 Å². The predicted molar refractivity (Wildman–Crippen MR) is 179 cm³/mol. The minimum absolute atomic E-state index is 0.914. The van der Waals surface area contributed by atoms with Crippen molar-refractivity contribution < 1.29 is 137 Å². The maximum absolute atomic E-state index is 10.3. The molecule has 0 aromatic heterocycles. The Morgan fingerprint density at radius 1 is 0.375 bits per heavy atom. The molecule has 2 radical (unpaired) electrons. The first-order valence-corrected chi connectivity index (χ1v) is 18.4. The number of hydrogen-bond donors (Lipinski definition) is 24. The fraction of sp³-hybridized carbons (Fsp3) is 0.893. The second-order valence-electron chi connectivity index (χ2n) is 11.6. The van der Waals surface area contributed by atoms with Crippen LogP contribution in [-0.2, 0) is 14.4 Å². The second-order valence-corrected chi connectivity index (χ2v) is 13.3. The molecule has 0 amide bonds. The summed E-state index contributed by atoms with van der Waals surface area (Å²) >= 11 is 1.45. The Kier molecular flexibility index (Phi) is 35.2. The number of unbranched alkanes of at least 4 members (excludes halogenated alkanes) is 1. The fourth-order valence-electron chi connectivity index (χ4n) is 3.42. The van der Waals surface area contributed by atoms with Gasteiger partial charge in [-0.1, -0.05) is 0 Å². The quantitative estimate of drug-likeness (QED) is 0.0423. The topological polar surface area (TPSA) is 537 Å². The van der Waals surface area contributed by atoms with E-state index in [1.807, 2.05) is 0 Å². The van der Waals surface area contributed by atoms with Gasteiger partial charge in [0.25, 0.3) is 0 Å². The molecule has 0 aliphatic rings. The van der Waals surface area contributed by atoms with Crippen molar-refractivity contribution in [1.29, 1.82) is 0 Å². The first-order valence-electron chi connectivity index (χ1n) is 16.1. The first-order chi connectivity index (χ1) is 25.6. The summed E-state index contributed by atoms with van der Waals surface area (Å²) in [5.74, 6) is -5.50. The number of carbonyl (C=O) groups is 3. The van der Waals surface area contributed by atoms with Crippen molar-refractivity contribution in [2.45, 2.75) is 134 Å². The number of carboxylic acid groups (broad SMARTS) is 3. The van der Waals surface area contributed by atoms with E-state index in [-0.39, 0.29) is 0 Å². The van der Waals surface area contributed by atoms with E-state index in [4.69, 9.17) is 91.9 Å². The van der Waals surface area contributed by atoms with Crippen LogP contribution in [0.15, 0.2) is 0 Å². The molecule has 0 bridgehead atoms. The molecule has 24 N–H and O–H groups in total. The summed E-state index contributed by atoms with van der Waals surface area (Å²) in [6, 6.07) is 0. The number of hydrogen-bond acceptors (Lipinski definition) is 24. The van der Waals surface area contributed by atoms with Crippen LogP contribution in [0, 0.1) is 0 Å². The summed E-state index contributed by atoms with van der Waals surface area (Å²) in [5, 5.41) is 214. The predicted octanol–water partition coefficient (Wildman–Crippen LogP) is -13.2. The van der Waals surface area contributed by atoms with E-state index in [0.717, 1.165) is 0 Å². The molecule has 0 aromatic rings. The maximum Gasteiger partial charge on any atom is 0.335 e.